The van der Waals surface area contributed by atoms with Crippen LogP contribution < -0.4 is 5.32 Å². The lowest BCUT2D eigenvalue weighted by Crippen LogP contribution is -2.43. The van der Waals surface area contributed by atoms with Gasteiger partial charge in [0.2, 0.25) is 0 Å². The number of hydrogen-bond donors (Lipinski definition) is 4. The van der Waals surface area contributed by atoms with Crippen molar-refractivity contribution in [2.45, 2.75) is 32.1 Å². The predicted octanol–water partition coefficient (Wildman–Crippen LogP) is 2.32. The predicted molar refractivity (Wildman–Crippen MR) is 88.7 cm³/mol. The standard InChI is InChI=1S/C18H21NO5/c1-12(20)15(9-14-7-8-16(21)17(22)10-14)19-18(23)24-11-13-5-3-2-4-6-13/h2-8,10,12,15,20-22H,9,11H2,1H3,(H,19,23). The topological polar surface area (TPSA) is 99.0 Å². The summed E-state index contributed by atoms with van der Waals surface area (Å²) in [6.45, 7) is 1.70. The summed E-state index contributed by atoms with van der Waals surface area (Å²) in [4.78, 5) is 11.9. The first-order valence-electron chi connectivity index (χ1n) is 7.62. The van der Waals surface area contributed by atoms with Crippen LogP contribution in [-0.2, 0) is 17.8 Å². The quantitative estimate of drug-likeness (QED) is 0.609. The highest BCUT2D eigenvalue weighted by Crippen LogP contribution is 2.25. The van der Waals surface area contributed by atoms with Crippen LogP contribution in [0.1, 0.15) is 18.1 Å². The third-order valence-electron chi connectivity index (χ3n) is 3.59. The zero-order valence-electron chi connectivity index (χ0n) is 13.3. The highest BCUT2D eigenvalue weighted by Gasteiger charge is 2.19. The number of aliphatic hydroxyl groups is 1. The molecule has 2 rings (SSSR count). The maximum Gasteiger partial charge on any atom is 0.407 e. The molecule has 0 aliphatic carbocycles. The second-order valence-corrected chi connectivity index (χ2v) is 5.58. The second-order valence-electron chi connectivity index (χ2n) is 5.58. The number of benzene rings is 2. The number of rotatable bonds is 6. The molecule has 0 radical (unpaired) electrons. The normalized spacial score (nSPS) is 13.1. The Hall–Kier alpha value is -2.73. The summed E-state index contributed by atoms with van der Waals surface area (Å²) in [5.41, 5.74) is 1.53. The minimum atomic E-state index is -0.815. The molecule has 1 amide bonds. The van der Waals surface area contributed by atoms with Crippen LogP contribution in [0.3, 0.4) is 0 Å². The fourth-order valence-electron chi connectivity index (χ4n) is 2.21. The molecule has 128 valence electrons. The SMILES string of the molecule is CC(O)C(Cc1ccc(O)c(O)c1)NC(=O)OCc1ccccc1. The Morgan fingerprint density at radius 2 is 1.79 bits per heavy atom. The lowest BCUT2D eigenvalue weighted by Gasteiger charge is -2.21. The highest BCUT2D eigenvalue weighted by molar-refractivity contribution is 5.67. The van der Waals surface area contributed by atoms with Crippen LogP contribution in [-0.4, -0.2) is 33.6 Å². The number of aliphatic hydroxyl groups excluding tert-OH is 1. The van der Waals surface area contributed by atoms with E-state index in [2.05, 4.69) is 5.32 Å². The van der Waals surface area contributed by atoms with Gasteiger partial charge in [-0.2, -0.15) is 0 Å². The molecule has 6 nitrogen and oxygen atoms in total. The van der Waals surface area contributed by atoms with Crippen molar-refractivity contribution < 1.29 is 24.9 Å². The summed E-state index contributed by atoms with van der Waals surface area (Å²) in [7, 11) is 0. The van der Waals surface area contributed by atoms with E-state index in [9.17, 15) is 20.1 Å². The second kappa shape index (κ2) is 8.21. The van der Waals surface area contributed by atoms with Crippen molar-refractivity contribution in [1.29, 1.82) is 0 Å². The summed E-state index contributed by atoms with van der Waals surface area (Å²) in [5, 5.41) is 31.3. The number of amides is 1. The molecule has 0 fully saturated rings. The van der Waals surface area contributed by atoms with Crippen molar-refractivity contribution in [2.75, 3.05) is 0 Å². The van der Waals surface area contributed by atoms with E-state index < -0.39 is 18.2 Å². The molecule has 2 aromatic carbocycles. The van der Waals surface area contributed by atoms with E-state index in [4.69, 9.17) is 4.74 Å². The molecule has 0 bridgehead atoms. The Morgan fingerprint density at radius 3 is 2.42 bits per heavy atom. The van der Waals surface area contributed by atoms with Gasteiger partial charge in [0.25, 0.3) is 0 Å². The maximum absolute atomic E-state index is 11.9. The number of phenols is 2. The van der Waals surface area contributed by atoms with Gasteiger partial charge in [-0.25, -0.2) is 4.79 Å². The van der Waals surface area contributed by atoms with Crippen LogP contribution in [0.15, 0.2) is 48.5 Å². The number of hydrogen-bond acceptors (Lipinski definition) is 5. The smallest absolute Gasteiger partial charge is 0.407 e. The molecule has 2 atom stereocenters. The number of ether oxygens (including phenoxy) is 1. The van der Waals surface area contributed by atoms with Gasteiger partial charge in [0.15, 0.2) is 11.5 Å². The molecule has 0 saturated heterocycles. The zero-order chi connectivity index (χ0) is 17.5. The van der Waals surface area contributed by atoms with Crippen molar-refractivity contribution in [3.63, 3.8) is 0 Å². The first-order valence-corrected chi connectivity index (χ1v) is 7.62. The Bertz CT molecular complexity index is 672. The first kappa shape index (κ1) is 17.6. The van der Waals surface area contributed by atoms with Gasteiger partial charge < -0.3 is 25.4 Å². The minimum Gasteiger partial charge on any atom is -0.504 e. The average molecular weight is 331 g/mol. The average Bonchev–Trinajstić information content (AvgIpc) is 2.56. The number of phenolic OH excluding ortho intramolecular Hbond substituents is 2. The Kier molecular flexibility index (Phi) is 6.03. The summed E-state index contributed by atoms with van der Waals surface area (Å²) in [5.74, 6) is -0.467. The third kappa shape index (κ3) is 5.17. The van der Waals surface area contributed by atoms with Gasteiger partial charge in [-0.05, 0) is 36.6 Å². The fourth-order valence-corrected chi connectivity index (χ4v) is 2.21. The summed E-state index contributed by atoms with van der Waals surface area (Å²) >= 11 is 0. The van der Waals surface area contributed by atoms with Gasteiger partial charge >= 0.3 is 6.09 Å². The molecule has 6 heteroatoms. The van der Waals surface area contributed by atoms with E-state index in [0.29, 0.717) is 5.56 Å². The molecule has 0 aliphatic rings. The lowest BCUT2D eigenvalue weighted by atomic mass is 10.0. The monoisotopic (exact) mass is 331 g/mol. The molecular formula is C18H21NO5. The zero-order valence-corrected chi connectivity index (χ0v) is 13.3. The molecule has 4 N–H and O–H groups in total. The van der Waals surface area contributed by atoms with Gasteiger partial charge in [0.1, 0.15) is 6.61 Å². The number of carbonyl (C=O) groups is 1. The van der Waals surface area contributed by atoms with E-state index in [1.165, 1.54) is 12.1 Å². The van der Waals surface area contributed by atoms with Crippen LogP contribution >= 0.6 is 0 Å². The fraction of sp³-hybridized carbons (Fsp3) is 0.278. The van der Waals surface area contributed by atoms with Crippen molar-refractivity contribution in [3.05, 3.63) is 59.7 Å². The summed E-state index contributed by atoms with van der Waals surface area (Å²) < 4.78 is 5.14. The number of aromatic hydroxyl groups is 2. The lowest BCUT2D eigenvalue weighted by molar-refractivity contribution is 0.109. The van der Waals surface area contributed by atoms with Crippen LogP contribution in [0.4, 0.5) is 4.79 Å². The molecule has 0 aliphatic heterocycles. The molecule has 0 spiro atoms. The van der Waals surface area contributed by atoms with E-state index in [1.54, 1.807) is 13.0 Å². The van der Waals surface area contributed by atoms with E-state index in [1.807, 2.05) is 30.3 Å². The van der Waals surface area contributed by atoms with Crippen molar-refractivity contribution in [1.82, 2.24) is 5.32 Å². The molecule has 0 heterocycles. The molecule has 24 heavy (non-hydrogen) atoms. The van der Waals surface area contributed by atoms with E-state index >= 15 is 0 Å². The van der Waals surface area contributed by atoms with Crippen molar-refractivity contribution >= 4 is 6.09 Å². The Balaban J connectivity index is 1.92. The van der Waals surface area contributed by atoms with E-state index in [0.717, 1.165) is 5.56 Å². The van der Waals surface area contributed by atoms with Crippen molar-refractivity contribution in [3.8, 4) is 11.5 Å². The minimum absolute atomic E-state index is 0.138. The van der Waals surface area contributed by atoms with Gasteiger partial charge in [0, 0.05) is 0 Å². The number of nitrogens with one attached hydrogen (secondary N) is 1. The van der Waals surface area contributed by atoms with Gasteiger partial charge in [-0.3, -0.25) is 0 Å². The maximum atomic E-state index is 11.9. The van der Waals surface area contributed by atoms with Gasteiger partial charge in [-0.15, -0.1) is 0 Å². The molecule has 0 aromatic heterocycles. The molecule has 0 saturated carbocycles. The van der Waals surface area contributed by atoms with E-state index in [-0.39, 0.29) is 24.5 Å². The summed E-state index contributed by atoms with van der Waals surface area (Å²) in [6.07, 6.45) is -1.16. The van der Waals surface area contributed by atoms with Crippen LogP contribution in [0.5, 0.6) is 11.5 Å². The van der Waals surface area contributed by atoms with Gasteiger partial charge in [-0.1, -0.05) is 36.4 Å². The van der Waals surface area contributed by atoms with Crippen LogP contribution in [0.2, 0.25) is 0 Å². The highest BCUT2D eigenvalue weighted by atomic mass is 16.5. The Labute approximate surface area is 140 Å². The van der Waals surface area contributed by atoms with Crippen LogP contribution in [0, 0.1) is 0 Å². The third-order valence-corrected chi connectivity index (χ3v) is 3.59. The molecular weight excluding hydrogens is 310 g/mol. The van der Waals surface area contributed by atoms with Gasteiger partial charge in [0.05, 0.1) is 12.1 Å². The number of alkyl carbamates (subject to hydrolysis) is 1. The van der Waals surface area contributed by atoms with Crippen molar-refractivity contribution in [2.24, 2.45) is 0 Å². The molecule has 2 aromatic rings. The first-order chi connectivity index (χ1) is 11.5. The molecule has 2 unspecified atom stereocenters. The number of carbonyl (C=O) groups excluding carboxylic acids is 1. The summed E-state index contributed by atoms with van der Waals surface area (Å²) in [6, 6.07) is 13.1. The van der Waals surface area contributed by atoms with Crippen LogP contribution in [0.25, 0.3) is 0 Å². The Morgan fingerprint density at radius 1 is 1.08 bits per heavy atom. The largest absolute Gasteiger partial charge is 0.504 e.